The van der Waals surface area contributed by atoms with Gasteiger partial charge in [0.05, 0.1) is 7.11 Å². The zero-order chi connectivity index (χ0) is 14.1. The molecule has 100 valence electrons. The molecule has 18 heavy (non-hydrogen) atoms. The second-order valence-corrected chi connectivity index (χ2v) is 4.96. The van der Waals surface area contributed by atoms with E-state index in [4.69, 9.17) is 4.74 Å². The zero-order valence-electron chi connectivity index (χ0n) is 11.9. The van der Waals surface area contributed by atoms with Gasteiger partial charge in [-0.2, -0.15) is 0 Å². The molecule has 0 aliphatic heterocycles. The van der Waals surface area contributed by atoms with Gasteiger partial charge in [-0.3, -0.25) is 0 Å². The van der Waals surface area contributed by atoms with Crippen LogP contribution in [0.5, 0.6) is 5.75 Å². The van der Waals surface area contributed by atoms with Crippen molar-refractivity contribution in [3.63, 3.8) is 0 Å². The molecular formula is C14H21NO3. The van der Waals surface area contributed by atoms with E-state index in [2.05, 4.69) is 0 Å². The molecule has 0 amide bonds. The van der Waals surface area contributed by atoms with Crippen LogP contribution in [0.4, 0.5) is 5.69 Å². The van der Waals surface area contributed by atoms with Crippen molar-refractivity contribution < 1.29 is 14.6 Å². The molecular weight excluding hydrogens is 230 g/mol. The number of ether oxygens (including phenoxy) is 1. The van der Waals surface area contributed by atoms with Gasteiger partial charge in [0.25, 0.3) is 0 Å². The summed E-state index contributed by atoms with van der Waals surface area (Å²) in [4.78, 5) is 13.1. The van der Waals surface area contributed by atoms with Crippen molar-refractivity contribution in [1.82, 2.24) is 0 Å². The molecule has 4 heteroatoms. The second kappa shape index (κ2) is 4.88. The van der Waals surface area contributed by atoms with Crippen LogP contribution >= 0.6 is 0 Å². The molecule has 0 bridgehead atoms. The molecule has 1 aromatic rings. The van der Waals surface area contributed by atoms with Gasteiger partial charge in [-0.15, -0.1) is 0 Å². The lowest BCUT2D eigenvalue weighted by atomic mass is 9.99. The maximum Gasteiger partial charge on any atom is 0.328 e. The van der Waals surface area contributed by atoms with Crippen LogP contribution in [-0.2, 0) is 4.79 Å². The Kier molecular flexibility index (Phi) is 3.89. The Morgan fingerprint density at radius 1 is 1.28 bits per heavy atom. The number of carbonyl (C=O) groups is 1. The van der Waals surface area contributed by atoms with Gasteiger partial charge in [-0.1, -0.05) is 0 Å². The Bertz CT molecular complexity index is 466. The molecule has 4 nitrogen and oxygen atoms in total. The highest BCUT2D eigenvalue weighted by atomic mass is 16.5. The van der Waals surface area contributed by atoms with E-state index >= 15 is 0 Å². The summed E-state index contributed by atoms with van der Waals surface area (Å²) < 4.78 is 5.26. The number of anilines is 1. The van der Waals surface area contributed by atoms with Gasteiger partial charge < -0.3 is 14.7 Å². The highest BCUT2D eigenvalue weighted by Gasteiger charge is 2.33. The Balaban J connectivity index is 3.27. The summed E-state index contributed by atoms with van der Waals surface area (Å²) >= 11 is 0. The normalized spacial score (nSPS) is 11.2. The average Bonchev–Trinajstić information content (AvgIpc) is 2.31. The van der Waals surface area contributed by atoms with Crippen LogP contribution in [0.1, 0.15) is 25.0 Å². The fourth-order valence-corrected chi connectivity index (χ4v) is 1.81. The summed E-state index contributed by atoms with van der Waals surface area (Å²) in [5.74, 6) is -0.0318. The number of hydrogen-bond donors (Lipinski definition) is 1. The summed E-state index contributed by atoms with van der Waals surface area (Å²) in [6.07, 6.45) is 0. The summed E-state index contributed by atoms with van der Waals surface area (Å²) in [7, 11) is 3.43. The molecule has 0 atom stereocenters. The van der Waals surface area contributed by atoms with E-state index in [-0.39, 0.29) is 0 Å². The Morgan fingerprint density at radius 2 is 1.83 bits per heavy atom. The largest absolute Gasteiger partial charge is 0.496 e. The Morgan fingerprint density at radius 3 is 2.28 bits per heavy atom. The minimum atomic E-state index is -0.953. The van der Waals surface area contributed by atoms with Crippen molar-refractivity contribution in [1.29, 1.82) is 0 Å². The summed E-state index contributed by atoms with van der Waals surface area (Å²) in [5.41, 5.74) is 2.01. The lowest BCUT2D eigenvalue weighted by molar-refractivity contribution is -0.142. The van der Waals surface area contributed by atoms with E-state index in [1.807, 2.05) is 26.0 Å². The van der Waals surface area contributed by atoms with Gasteiger partial charge in [0, 0.05) is 12.7 Å². The van der Waals surface area contributed by atoms with Gasteiger partial charge in [0.15, 0.2) is 0 Å². The number of likely N-dealkylation sites (N-methyl/N-ethyl adjacent to an activating group) is 1. The van der Waals surface area contributed by atoms with Crippen molar-refractivity contribution in [3.8, 4) is 5.75 Å². The highest BCUT2D eigenvalue weighted by molar-refractivity contribution is 5.83. The van der Waals surface area contributed by atoms with Crippen LogP contribution in [0.3, 0.4) is 0 Å². The minimum absolute atomic E-state index is 0.817. The molecule has 0 unspecified atom stereocenters. The highest BCUT2D eigenvalue weighted by Crippen LogP contribution is 2.32. The Labute approximate surface area is 108 Å². The third-order valence-corrected chi connectivity index (χ3v) is 3.65. The number of carboxylic acid groups (broad SMARTS) is 1. The maximum absolute atomic E-state index is 11.3. The third kappa shape index (κ3) is 2.28. The van der Waals surface area contributed by atoms with Gasteiger partial charge in [-0.25, -0.2) is 4.79 Å². The van der Waals surface area contributed by atoms with Crippen LogP contribution in [-0.4, -0.2) is 30.8 Å². The number of nitrogens with zero attached hydrogens (tertiary/aromatic N) is 1. The molecule has 0 radical (unpaired) electrons. The SMILES string of the molecule is COc1ccc(N(C)C(C)(C)C(=O)O)c(C)c1C. The standard InChI is InChI=1S/C14H21NO3/c1-9-10(2)12(18-6)8-7-11(9)15(5)14(3,4)13(16)17/h7-8H,1-6H3,(H,16,17). The smallest absolute Gasteiger partial charge is 0.328 e. The van der Waals surface area contributed by atoms with E-state index in [1.165, 1.54) is 0 Å². The first-order valence-corrected chi connectivity index (χ1v) is 5.85. The number of methoxy groups -OCH3 is 1. The first-order valence-electron chi connectivity index (χ1n) is 5.85. The maximum atomic E-state index is 11.3. The van der Waals surface area contributed by atoms with E-state index in [9.17, 15) is 9.90 Å². The van der Waals surface area contributed by atoms with Crippen molar-refractivity contribution in [2.24, 2.45) is 0 Å². The molecule has 0 fully saturated rings. The van der Waals surface area contributed by atoms with Crippen LogP contribution in [0.15, 0.2) is 12.1 Å². The van der Waals surface area contributed by atoms with E-state index in [0.29, 0.717) is 0 Å². The summed E-state index contributed by atoms with van der Waals surface area (Å²) in [6, 6.07) is 3.76. The van der Waals surface area contributed by atoms with Crippen LogP contribution in [0.2, 0.25) is 0 Å². The lowest BCUT2D eigenvalue weighted by Gasteiger charge is -2.35. The predicted octanol–water partition coefficient (Wildman–Crippen LogP) is 2.61. The molecule has 0 spiro atoms. The average molecular weight is 251 g/mol. The molecule has 1 N–H and O–H groups in total. The van der Waals surface area contributed by atoms with Crippen molar-refractivity contribution in [2.45, 2.75) is 33.2 Å². The zero-order valence-corrected chi connectivity index (χ0v) is 11.9. The fourth-order valence-electron chi connectivity index (χ4n) is 1.81. The van der Waals surface area contributed by atoms with Gasteiger partial charge in [-0.05, 0) is 51.0 Å². The summed E-state index contributed by atoms with van der Waals surface area (Å²) in [5, 5.41) is 9.27. The van der Waals surface area contributed by atoms with Gasteiger partial charge >= 0.3 is 5.97 Å². The van der Waals surface area contributed by atoms with E-state index in [0.717, 1.165) is 22.6 Å². The Hall–Kier alpha value is -1.71. The van der Waals surface area contributed by atoms with Crippen LogP contribution in [0, 0.1) is 13.8 Å². The first-order chi connectivity index (χ1) is 8.23. The predicted molar refractivity (Wildman–Crippen MR) is 72.6 cm³/mol. The molecule has 1 rings (SSSR count). The molecule has 0 saturated carbocycles. The topological polar surface area (TPSA) is 49.8 Å². The van der Waals surface area contributed by atoms with Crippen LogP contribution < -0.4 is 9.64 Å². The van der Waals surface area contributed by atoms with Crippen molar-refractivity contribution in [2.75, 3.05) is 19.1 Å². The second-order valence-electron chi connectivity index (χ2n) is 4.96. The molecule has 0 saturated heterocycles. The number of aliphatic carboxylic acids is 1. The number of rotatable bonds is 4. The van der Waals surface area contributed by atoms with Gasteiger partial charge in [0.1, 0.15) is 11.3 Å². The van der Waals surface area contributed by atoms with E-state index < -0.39 is 11.5 Å². The molecule has 0 aliphatic carbocycles. The fraction of sp³-hybridized carbons (Fsp3) is 0.500. The summed E-state index contributed by atoms with van der Waals surface area (Å²) in [6.45, 7) is 7.32. The molecule has 0 heterocycles. The lowest BCUT2D eigenvalue weighted by Crippen LogP contribution is -2.48. The quantitative estimate of drug-likeness (QED) is 0.893. The number of carboxylic acids is 1. The van der Waals surface area contributed by atoms with Crippen molar-refractivity contribution >= 4 is 11.7 Å². The first kappa shape index (κ1) is 14.4. The minimum Gasteiger partial charge on any atom is -0.496 e. The molecule has 1 aromatic carbocycles. The molecule has 0 aliphatic rings. The monoisotopic (exact) mass is 251 g/mol. The van der Waals surface area contributed by atoms with Gasteiger partial charge in [0.2, 0.25) is 0 Å². The molecule has 0 aromatic heterocycles. The number of hydrogen-bond acceptors (Lipinski definition) is 3. The van der Waals surface area contributed by atoms with Crippen molar-refractivity contribution in [3.05, 3.63) is 23.3 Å². The number of benzene rings is 1. The van der Waals surface area contributed by atoms with E-state index in [1.54, 1.807) is 32.9 Å². The third-order valence-electron chi connectivity index (χ3n) is 3.65. The van der Waals surface area contributed by atoms with Crippen LogP contribution in [0.25, 0.3) is 0 Å².